The van der Waals surface area contributed by atoms with Crippen LogP contribution in [0.15, 0.2) is 49.9 Å². The van der Waals surface area contributed by atoms with E-state index in [-0.39, 0.29) is 0 Å². The molecular formula is C8H12N+. The van der Waals surface area contributed by atoms with Crippen LogP contribution in [-0.4, -0.2) is 0 Å². The molecule has 0 aliphatic carbocycles. The van der Waals surface area contributed by atoms with Gasteiger partial charge >= 0.3 is 0 Å². The van der Waals surface area contributed by atoms with Crippen molar-refractivity contribution in [2.75, 3.05) is 0 Å². The van der Waals surface area contributed by atoms with Gasteiger partial charge in [0.1, 0.15) is 0 Å². The normalized spacial score (nSPS) is 10.7. The molecule has 0 saturated heterocycles. The Morgan fingerprint density at radius 1 is 1.00 bits per heavy atom. The lowest BCUT2D eigenvalue weighted by molar-refractivity contribution is -0.513. The largest absolute Gasteiger partial charge is 0.294 e. The van der Waals surface area contributed by atoms with E-state index in [9.17, 15) is 0 Å². The van der Waals surface area contributed by atoms with Gasteiger partial charge in [-0.3, -0.25) is 5.32 Å². The van der Waals surface area contributed by atoms with Crippen molar-refractivity contribution in [2.24, 2.45) is 0 Å². The minimum absolute atomic E-state index is 1.73. The molecule has 48 valence electrons. The van der Waals surface area contributed by atoms with Crippen LogP contribution in [0.2, 0.25) is 0 Å². The molecule has 0 heterocycles. The standard InChI is InChI=1S/C8H11N/c1-3-5-6-7-8-9-4-2/h3-9H,1-2H2/p+1/b6-5+,8-7+. The highest BCUT2D eigenvalue weighted by Crippen LogP contribution is 1.71. The summed E-state index contributed by atoms with van der Waals surface area (Å²) in [6.45, 7) is 7.05. The lowest BCUT2D eigenvalue weighted by Gasteiger charge is -1.74. The molecule has 9 heavy (non-hydrogen) atoms. The van der Waals surface area contributed by atoms with Gasteiger partial charge in [0.15, 0.2) is 0 Å². The molecule has 1 heteroatoms. The SMILES string of the molecule is C=C/C=C/C=C/[NH2+]C=C. The van der Waals surface area contributed by atoms with Gasteiger partial charge in [-0.05, 0) is 12.7 Å². The van der Waals surface area contributed by atoms with Crippen molar-refractivity contribution in [1.29, 1.82) is 0 Å². The van der Waals surface area contributed by atoms with Crippen LogP contribution in [0.1, 0.15) is 0 Å². The Hall–Kier alpha value is -1.08. The minimum Gasteiger partial charge on any atom is -0.294 e. The van der Waals surface area contributed by atoms with Gasteiger partial charge in [-0.1, -0.05) is 24.8 Å². The van der Waals surface area contributed by atoms with E-state index in [2.05, 4.69) is 13.2 Å². The van der Waals surface area contributed by atoms with Crippen LogP contribution < -0.4 is 5.32 Å². The Morgan fingerprint density at radius 3 is 2.33 bits per heavy atom. The van der Waals surface area contributed by atoms with E-state index in [4.69, 9.17) is 0 Å². The predicted molar refractivity (Wildman–Crippen MR) is 40.6 cm³/mol. The molecule has 0 aliphatic heterocycles. The molecule has 0 aliphatic rings. The summed E-state index contributed by atoms with van der Waals surface area (Å²) in [6, 6.07) is 0. The summed E-state index contributed by atoms with van der Waals surface area (Å²) in [5.41, 5.74) is 0. The second-order valence-electron chi connectivity index (χ2n) is 1.43. The maximum absolute atomic E-state index is 3.53. The first kappa shape index (κ1) is 7.92. The molecule has 0 bridgehead atoms. The van der Waals surface area contributed by atoms with Gasteiger partial charge in [0.05, 0.1) is 12.4 Å². The summed E-state index contributed by atoms with van der Waals surface area (Å²) < 4.78 is 0. The lowest BCUT2D eigenvalue weighted by atomic mass is 10.5. The summed E-state index contributed by atoms with van der Waals surface area (Å²) in [6.07, 6.45) is 11.1. The van der Waals surface area contributed by atoms with E-state index in [1.807, 2.05) is 29.7 Å². The predicted octanol–water partition coefficient (Wildman–Crippen LogP) is 0.949. The number of hydrogen-bond donors (Lipinski definition) is 1. The van der Waals surface area contributed by atoms with E-state index in [0.717, 1.165) is 0 Å². The minimum atomic E-state index is 1.73. The molecule has 2 N–H and O–H groups in total. The van der Waals surface area contributed by atoms with Gasteiger partial charge < -0.3 is 0 Å². The topological polar surface area (TPSA) is 16.6 Å². The fourth-order valence-corrected chi connectivity index (χ4v) is 0.350. The van der Waals surface area contributed by atoms with Crippen molar-refractivity contribution < 1.29 is 5.32 Å². The fourth-order valence-electron chi connectivity index (χ4n) is 0.350. The molecule has 0 unspecified atom stereocenters. The third-order valence-electron chi connectivity index (χ3n) is 0.717. The van der Waals surface area contributed by atoms with E-state index in [1.54, 1.807) is 12.3 Å². The molecule has 0 aromatic carbocycles. The van der Waals surface area contributed by atoms with Gasteiger partial charge in [0, 0.05) is 0 Å². The Kier molecular flexibility index (Phi) is 6.09. The van der Waals surface area contributed by atoms with Crippen molar-refractivity contribution in [3.8, 4) is 0 Å². The Morgan fingerprint density at radius 2 is 1.78 bits per heavy atom. The van der Waals surface area contributed by atoms with Crippen LogP contribution in [-0.2, 0) is 0 Å². The van der Waals surface area contributed by atoms with Crippen LogP contribution in [0.5, 0.6) is 0 Å². The first-order chi connectivity index (χ1) is 4.41. The van der Waals surface area contributed by atoms with Crippen molar-refractivity contribution in [3.05, 3.63) is 49.9 Å². The zero-order valence-electron chi connectivity index (χ0n) is 5.46. The van der Waals surface area contributed by atoms with Gasteiger partial charge in [-0.15, -0.1) is 0 Å². The summed E-state index contributed by atoms with van der Waals surface area (Å²) in [5.74, 6) is 0. The lowest BCUT2D eigenvalue weighted by Crippen LogP contribution is -2.70. The second kappa shape index (κ2) is 6.92. The molecule has 0 fully saturated rings. The Bertz CT molecular complexity index is 132. The maximum atomic E-state index is 3.53. The highest BCUT2D eigenvalue weighted by molar-refractivity contribution is 5.06. The number of quaternary nitrogens is 1. The third-order valence-corrected chi connectivity index (χ3v) is 0.717. The molecular weight excluding hydrogens is 110 g/mol. The first-order valence-corrected chi connectivity index (χ1v) is 2.82. The molecule has 0 atom stereocenters. The smallest absolute Gasteiger partial charge is 0.0971 e. The maximum Gasteiger partial charge on any atom is 0.0971 e. The van der Waals surface area contributed by atoms with Gasteiger partial charge in [-0.25, -0.2) is 0 Å². The van der Waals surface area contributed by atoms with E-state index in [0.29, 0.717) is 0 Å². The molecule has 0 amide bonds. The van der Waals surface area contributed by atoms with Gasteiger partial charge in [0.2, 0.25) is 0 Å². The molecule has 0 saturated carbocycles. The molecule has 0 aromatic rings. The summed E-state index contributed by atoms with van der Waals surface area (Å²) >= 11 is 0. The molecule has 0 rings (SSSR count). The number of allylic oxidation sites excluding steroid dienone is 4. The van der Waals surface area contributed by atoms with Crippen molar-refractivity contribution in [2.45, 2.75) is 0 Å². The highest BCUT2D eigenvalue weighted by Gasteiger charge is 1.63. The van der Waals surface area contributed by atoms with Gasteiger partial charge in [-0.2, -0.15) is 0 Å². The Labute approximate surface area is 56.1 Å². The first-order valence-electron chi connectivity index (χ1n) is 2.82. The fraction of sp³-hybridized carbons (Fsp3) is 0. The van der Waals surface area contributed by atoms with Crippen LogP contribution in [0, 0.1) is 0 Å². The van der Waals surface area contributed by atoms with Crippen molar-refractivity contribution >= 4 is 0 Å². The average Bonchev–Trinajstić information content (AvgIpc) is 1.89. The van der Waals surface area contributed by atoms with E-state index < -0.39 is 0 Å². The summed E-state index contributed by atoms with van der Waals surface area (Å²) in [4.78, 5) is 0. The van der Waals surface area contributed by atoms with Crippen LogP contribution in [0.25, 0.3) is 0 Å². The number of nitrogens with two attached hydrogens (primary N) is 1. The monoisotopic (exact) mass is 122 g/mol. The van der Waals surface area contributed by atoms with Crippen molar-refractivity contribution in [1.82, 2.24) is 0 Å². The quantitative estimate of drug-likeness (QED) is 0.535. The molecule has 0 aromatic heterocycles. The number of rotatable bonds is 4. The Balaban J connectivity index is 3.33. The molecule has 0 radical (unpaired) electrons. The van der Waals surface area contributed by atoms with E-state index >= 15 is 0 Å². The molecule has 1 nitrogen and oxygen atoms in total. The molecule has 0 spiro atoms. The van der Waals surface area contributed by atoms with Crippen LogP contribution in [0.4, 0.5) is 0 Å². The summed E-state index contributed by atoms with van der Waals surface area (Å²) in [7, 11) is 0. The van der Waals surface area contributed by atoms with Crippen LogP contribution in [0.3, 0.4) is 0 Å². The van der Waals surface area contributed by atoms with Crippen LogP contribution >= 0.6 is 0 Å². The second-order valence-corrected chi connectivity index (χ2v) is 1.43. The zero-order valence-corrected chi connectivity index (χ0v) is 5.46. The third kappa shape index (κ3) is 6.92. The van der Waals surface area contributed by atoms with E-state index in [1.165, 1.54) is 0 Å². The summed E-state index contributed by atoms with van der Waals surface area (Å²) in [5, 5.41) is 1.87. The highest BCUT2D eigenvalue weighted by atomic mass is 14.8. The number of hydrogen-bond acceptors (Lipinski definition) is 0. The zero-order chi connectivity index (χ0) is 6.95. The average molecular weight is 122 g/mol. The van der Waals surface area contributed by atoms with Gasteiger partial charge in [0.25, 0.3) is 0 Å². The van der Waals surface area contributed by atoms with Crippen molar-refractivity contribution in [3.63, 3.8) is 0 Å².